The summed E-state index contributed by atoms with van der Waals surface area (Å²) in [5.41, 5.74) is 10.3. The van der Waals surface area contributed by atoms with Crippen LogP contribution < -0.4 is 5.73 Å². The van der Waals surface area contributed by atoms with Crippen molar-refractivity contribution in [2.45, 2.75) is 0 Å². The van der Waals surface area contributed by atoms with Gasteiger partial charge < -0.3 is 5.73 Å². The molecule has 0 bridgehead atoms. The SMILES string of the molecule is NC1=C2C(=Cc3ccccc32)C(=O)C=C1. The minimum Gasteiger partial charge on any atom is -0.398 e. The second-order valence-corrected chi connectivity index (χ2v) is 3.67. The van der Waals surface area contributed by atoms with E-state index in [-0.39, 0.29) is 5.78 Å². The molecule has 0 heterocycles. The highest BCUT2D eigenvalue weighted by molar-refractivity contribution is 6.24. The van der Waals surface area contributed by atoms with Crippen LogP contribution in [0.2, 0.25) is 0 Å². The van der Waals surface area contributed by atoms with Gasteiger partial charge in [0.1, 0.15) is 0 Å². The first-order valence-corrected chi connectivity index (χ1v) is 4.81. The van der Waals surface area contributed by atoms with Crippen molar-refractivity contribution in [3.8, 4) is 0 Å². The Morgan fingerprint density at radius 2 is 1.87 bits per heavy atom. The molecule has 2 aliphatic carbocycles. The fourth-order valence-electron chi connectivity index (χ4n) is 2.07. The summed E-state index contributed by atoms with van der Waals surface area (Å²) in [5.74, 6) is 0.0374. The van der Waals surface area contributed by atoms with Gasteiger partial charge in [-0.3, -0.25) is 4.79 Å². The van der Waals surface area contributed by atoms with Gasteiger partial charge in [-0.25, -0.2) is 0 Å². The molecule has 1 aromatic carbocycles. The summed E-state index contributed by atoms with van der Waals surface area (Å²) in [6, 6.07) is 7.91. The first-order valence-electron chi connectivity index (χ1n) is 4.81. The molecule has 0 aliphatic heterocycles. The van der Waals surface area contributed by atoms with Crippen molar-refractivity contribution in [3.05, 3.63) is 58.8 Å². The maximum Gasteiger partial charge on any atom is 0.186 e. The van der Waals surface area contributed by atoms with Crippen LogP contribution in [0.25, 0.3) is 11.6 Å². The molecule has 0 amide bonds. The van der Waals surface area contributed by atoms with Crippen molar-refractivity contribution in [1.29, 1.82) is 0 Å². The van der Waals surface area contributed by atoms with Crippen molar-refractivity contribution in [1.82, 2.24) is 0 Å². The van der Waals surface area contributed by atoms with E-state index in [4.69, 9.17) is 5.73 Å². The normalized spacial score (nSPS) is 17.6. The van der Waals surface area contributed by atoms with Crippen LogP contribution in [0.4, 0.5) is 0 Å². The third-order valence-electron chi connectivity index (χ3n) is 2.77. The lowest BCUT2D eigenvalue weighted by Crippen LogP contribution is -2.09. The molecule has 3 rings (SSSR count). The zero-order valence-electron chi connectivity index (χ0n) is 8.03. The van der Waals surface area contributed by atoms with Gasteiger partial charge in [0, 0.05) is 16.8 Å². The summed E-state index contributed by atoms with van der Waals surface area (Å²) in [6.45, 7) is 0. The van der Waals surface area contributed by atoms with Gasteiger partial charge in [-0.1, -0.05) is 24.3 Å². The summed E-state index contributed by atoms with van der Waals surface area (Å²) in [6.07, 6.45) is 5.11. The van der Waals surface area contributed by atoms with Gasteiger partial charge in [-0.15, -0.1) is 0 Å². The lowest BCUT2D eigenvalue weighted by atomic mass is 9.94. The Balaban J connectivity index is 2.34. The third kappa shape index (κ3) is 1.02. The lowest BCUT2D eigenvalue weighted by molar-refractivity contribution is -0.110. The van der Waals surface area contributed by atoms with E-state index in [1.54, 1.807) is 6.08 Å². The van der Waals surface area contributed by atoms with E-state index in [2.05, 4.69) is 0 Å². The summed E-state index contributed by atoms with van der Waals surface area (Å²) in [4.78, 5) is 11.6. The quantitative estimate of drug-likeness (QED) is 0.687. The van der Waals surface area contributed by atoms with Crippen LogP contribution in [0.3, 0.4) is 0 Å². The standard InChI is InChI=1S/C13H9NO/c14-11-5-6-12(15)10-7-8-3-1-2-4-9(8)13(10)11/h1-7H,14H2. The second kappa shape index (κ2) is 2.70. The van der Waals surface area contributed by atoms with Gasteiger partial charge >= 0.3 is 0 Å². The number of benzene rings is 1. The van der Waals surface area contributed by atoms with Gasteiger partial charge in [-0.05, 0) is 29.4 Å². The Labute approximate surface area is 87.4 Å². The number of hydrogen-bond acceptors (Lipinski definition) is 2. The Morgan fingerprint density at radius 3 is 2.73 bits per heavy atom. The molecule has 1 aromatic rings. The Bertz CT molecular complexity index is 562. The molecule has 0 spiro atoms. The van der Waals surface area contributed by atoms with Gasteiger partial charge in [0.25, 0.3) is 0 Å². The molecular weight excluding hydrogens is 186 g/mol. The molecule has 72 valence electrons. The molecule has 0 saturated heterocycles. The average Bonchev–Trinajstić information content (AvgIpc) is 2.64. The largest absolute Gasteiger partial charge is 0.398 e. The van der Waals surface area contributed by atoms with Crippen LogP contribution in [0, 0.1) is 0 Å². The smallest absolute Gasteiger partial charge is 0.186 e. The highest BCUT2D eigenvalue weighted by atomic mass is 16.1. The van der Waals surface area contributed by atoms with Crippen molar-refractivity contribution < 1.29 is 4.79 Å². The van der Waals surface area contributed by atoms with Gasteiger partial charge in [0.15, 0.2) is 5.78 Å². The molecule has 2 heteroatoms. The van der Waals surface area contributed by atoms with Crippen molar-refractivity contribution in [3.63, 3.8) is 0 Å². The van der Waals surface area contributed by atoms with Crippen LogP contribution >= 0.6 is 0 Å². The molecule has 0 unspecified atom stereocenters. The molecule has 15 heavy (non-hydrogen) atoms. The van der Waals surface area contributed by atoms with E-state index in [0.29, 0.717) is 5.70 Å². The van der Waals surface area contributed by atoms with Crippen LogP contribution in [0.5, 0.6) is 0 Å². The number of carbonyl (C=O) groups excluding carboxylic acids is 1. The van der Waals surface area contributed by atoms with E-state index in [9.17, 15) is 4.79 Å². The third-order valence-corrected chi connectivity index (χ3v) is 2.77. The zero-order chi connectivity index (χ0) is 10.4. The minimum absolute atomic E-state index is 0.0374. The molecule has 0 radical (unpaired) electrons. The predicted octanol–water partition coefficient (Wildman–Crippen LogP) is 1.89. The Morgan fingerprint density at radius 1 is 1.07 bits per heavy atom. The van der Waals surface area contributed by atoms with E-state index >= 15 is 0 Å². The van der Waals surface area contributed by atoms with E-state index in [1.165, 1.54) is 6.08 Å². The molecule has 2 N–H and O–H groups in total. The first-order chi connectivity index (χ1) is 7.27. The monoisotopic (exact) mass is 195 g/mol. The van der Waals surface area contributed by atoms with E-state index < -0.39 is 0 Å². The molecule has 2 nitrogen and oxygen atoms in total. The number of nitrogens with two attached hydrogens (primary N) is 1. The van der Waals surface area contributed by atoms with Gasteiger partial charge in [-0.2, -0.15) is 0 Å². The van der Waals surface area contributed by atoms with Crippen molar-refractivity contribution in [2.24, 2.45) is 5.73 Å². The van der Waals surface area contributed by atoms with Gasteiger partial charge in [0.05, 0.1) is 0 Å². The summed E-state index contributed by atoms with van der Waals surface area (Å²) in [7, 11) is 0. The van der Waals surface area contributed by atoms with Crippen LogP contribution in [-0.2, 0) is 4.79 Å². The summed E-state index contributed by atoms with van der Waals surface area (Å²) in [5, 5.41) is 0. The van der Waals surface area contributed by atoms with Crippen LogP contribution in [0.1, 0.15) is 11.1 Å². The number of hydrogen-bond donors (Lipinski definition) is 1. The maximum absolute atomic E-state index is 11.6. The zero-order valence-corrected chi connectivity index (χ0v) is 8.03. The average molecular weight is 195 g/mol. The van der Waals surface area contributed by atoms with Crippen molar-refractivity contribution >= 4 is 17.4 Å². The van der Waals surface area contributed by atoms with Gasteiger partial charge in [0.2, 0.25) is 0 Å². The number of allylic oxidation sites excluding steroid dienone is 4. The molecule has 0 saturated carbocycles. The molecule has 2 aliphatic rings. The Hall–Kier alpha value is -2.09. The molecule has 0 aromatic heterocycles. The van der Waals surface area contributed by atoms with Crippen LogP contribution in [0.15, 0.2) is 47.7 Å². The van der Waals surface area contributed by atoms with E-state index in [0.717, 1.165) is 22.3 Å². The lowest BCUT2D eigenvalue weighted by Gasteiger charge is -2.11. The molecule has 0 atom stereocenters. The fraction of sp³-hybridized carbons (Fsp3) is 0. The Kier molecular flexibility index (Phi) is 1.48. The predicted molar refractivity (Wildman–Crippen MR) is 59.7 cm³/mol. The summed E-state index contributed by atoms with van der Waals surface area (Å²) >= 11 is 0. The van der Waals surface area contributed by atoms with Crippen molar-refractivity contribution in [2.75, 3.05) is 0 Å². The fourth-order valence-corrected chi connectivity index (χ4v) is 2.07. The number of rotatable bonds is 0. The number of ketones is 1. The highest BCUT2D eigenvalue weighted by Gasteiger charge is 2.26. The highest BCUT2D eigenvalue weighted by Crippen LogP contribution is 2.38. The van der Waals surface area contributed by atoms with E-state index in [1.807, 2.05) is 30.3 Å². The second-order valence-electron chi connectivity index (χ2n) is 3.67. The summed E-state index contributed by atoms with van der Waals surface area (Å²) < 4.78 is 0. The topological polar surface area (TPSA) is 43.1 Å². The number of fused-ring (bicyclic) bond motifs is 3. The van der Waals surface area contributed by atoms with Crippen LogP contribution in [-0.4, -0.2) is 5.78 Å². The molecule has 0 fully saturated rings. The minimum atomic E-state index is 0.0374. The maximum atomic E-state index is 11.6. The number of carbonyl (C=O) groups is 1. The first kappa shape index (κ1) is 8.24. The molecular formula is C13H9NO.